The Kier molecular flexibility index (Phi) is 4.16. The molecule has 0 bridgehead atoms. The standard InChI is InChI=1S/C14H18N2O3/c1-11(17)15-7-9-16(10-8-15)13(14(18)19)12-5-3-2-4-6-12/h2-6,13H,7-10H2,1H3,(H,18,19)/t13-/m1/s1. The highest BCUT2D eigenvalue weighted by molar-refractivity contribution is 5.76. The van der Waals surface area contributed by atoms with Crippen LogP contribution in [0.5, 0.6) is 0 Å². The summed E-state index contributed by atoms with van der Waals surface area (Å²) < 4.78 is 0. The fraction of sp³-hybridized carbons (Fsp3) is 0.429. The maximum absolute atomic E-state index is 11.5. The van der Waals surface area contributed by atoms with E-state index in [-0.39, 0.29) is 5.91 Å². The average molecular weight is 262 g/mol. The molecule has 1 fully saturated rings. The zero-order valence-corrected chi connectivity index (χ0v) is 11.0. The fourth-order valence-electron chi connectivity index (χ4n) is 2.44. The Bertz CT molecular complexity index is 453. The highest BCUT2D eigenvalue weighted by Crippen LogP contribution is 2.22. The smallest absolute Gasteiger partial charge is 0.325 e. The monoisotopic (exact) mass is 262 g/mol. The lowest BCUT2D eigenvalue weighted by Crippen LogP contribution is -2.50. The molecular weight excluding hydrogens is 244 g/mol. The van der Waals surface area contributed by atoms with Crippen LogP contribution in [0.1, 0.15) is 18.5 Å². The lowest BCUT2D eigenvalue weighted by Gasteiger charge is -2.37. The summed E-state index contributed by atoms with van der Waals surface area (Å²) in [6, 6.07) is 8.59. The number of carboxylic acid groups (broad SMARTS) is 1. The number of hydrogen-bond donors (Lipinski definition) is 1. The van der Waals surface area contributed by atoms with Gasteiger partial charge in [0.05, 0.1) is 0 Å². The van der Waals surface area contributed by atoms with Gasteiger partial charge in [-0.25, -0.2) is 0 Å². The van der Waals surface area contributed by atoms with Crippen LogP contribution in [0.2, 0.25) is 0 Å². The highest BCUT2D eigenvalue weighted by atomic mass is 16.4. The summed E-state index contributed by atoms with van der Waals surface area (Å²) in [5.74, 6) is -0.797. The molecule has 0 radical (unpaired) electrons. The van der Waals surface area contributed by atoms with Crippen LogP contribution in [0.3, 0.4) is 0 Å². The zero-order valence-electron chi connectivity index (χ0n) is 11.0. The predicted molar refractivity (Wildman–Crippen MR) is 70.6 cm³/mol. The molecule has 2 rings (SSSR count). The molecular formula is C14H18N2O3. The number of aliphatic carboxylic acids is 1. The van der Waals surface area contributed by atoms with Gasteiger partial charge in [-0.1, -0.05) is 30.3 Å². The minimum Gasteiger partial charge on any atom is -0.480 e. The van der Waals surface area contributed by atoms with E-state index in [1.807, 2.05) is 35.2 Å². The van der Waals surface area contributed by atoms with Crippen LogP contribution in [0.25, 0.3) is 0 Å². The van der Waals surface area contributed by atoms with Crippen molar-refractivity contribution in [2.75, 3.05) is 26.2 Å². The second-order valence-corrected chi connectivity index (χ2v) is 4.69. The third-order valence-corrected chi connectivity index (χ3v) is 3.47. The Morgan fingerprint density at radius 2 is 1.68 bits per heavy atom. The molecule has 0 aromatic heterocycles. The molecule has 5 nitrogen and oxygen atoms in total. The Hall–Kier alpha value is -1.88. The van der Waals surface area contributed by atoms with Crippen molar-refractivity contribution in [3.8, 4) is 0 Å². The summed E-state index contributed by atoms with van der Waals surface area (Å²) in [6.45, 7) is 3.90. The van der Waals surface area contributed by atoms with Crippen molar-refractivity contribution in [3.05, 3.63) is 35.9 Å². The van der Waals surface area contributed by atoms with Crippen molar-refractivity contribution in [2.24, 2.45) is 0 Å². The molecule has 19 heavy (non-hydrogen) atoms. The topological polar surface area (TPSA) is 60.9 Å². The molecule has 1 saturated heterocycles. The number of hydrogen-bond acceptors (Lipinski definition) is 3. The molecule has 102 valence electrons. The van der Waals surface area contributed by atoms with Crippen LogP contribution in [0, 0.1) is 0 Å². The van der Waals surface area contributed by atoms with Gasteiger partial charge in [-0.15, -0.1) is 0 Å². The van der Waals surface area contributed by atoms with Crippen molar-refractivity contribution in [1.82, 2.24) is 9.80 Å². The minimum absolute atomic E-state index is 0.0474. The van der Waals surface area contributed by atoms with Crippen molar-refractivity contribution in [3.63, 3.8) is 0 Å². The maximum atomic E-state index is 11.5. The van der Waals surface area contributed by atoms with Crippen LogP contribution in [0.15, 0.2) is 30.3 Å². The minimum atomic E-state index is -0.845. The molecule has 0 unspecified atom stereocenters. The largest absolute Gasteiger partial charge is 0.480 e. The number of piperazine rings is 1. The van der Waals surface area contributed by atoms with Crippen molar-refractivity contribution in [1.29, 1.82) is 0 Å². The summed E-state index contributed by atoms with van der Waals surface area (Å²) in [5, 5.41) is 9.43. The van der Waals surface area contributed by atoms with E-state index in [9.17, 15) is 14.7 Å². The van der Waals surface area contributed by atoms with Crippen LogP contribution < -0.4 is 0 Å². The zero-order chi connectivity index (χ0) is 13.8. The first-order valence-electron chi connectivity index (χ1n) is 6.37. The van der Waals surface area contributed by atoms with Crippen LogP contribution >= 0.6 is 0 Å². The summed E-state index contributed by atoms with van der Waals surface area (Å²) in [6.07, 6.45) is 0. The Morgan fingerprint density at radius 1 is 1.11 bits per heavy atom. The number of carbonyl (C=O) groups excluding carboxylic acids is 1. The predicted octanol–water partition coefficient (Wildman–Crippen LogP) is 0.976. The summed E-state index contributed by atoms with van der Waals surface area (Å²) in [5.41, 5.74) is 0.784. The summed E-state index contributed by atoms with van der Waals surface area (Å²) in [7, 11) is 0. The molecule has 1 N–H and O–H groups in total. The second kappa shape index (κ2) is 5.84. The quantitative estimate of drug-likeness (QED) is 0.882. The van der Waals surface area contributed by atoms with Crippen LogP contribution in [-0.2, 0) is 9.59 Å². The molecule has 1 heterocycles. The van der Waals surface area contributed by atoms with E-state index in [2.05, 4.69) is 0 Å². The molecule has 0 aliphatic carbocycles. The van der Waals surface area contributed by atoms with E-state index < -0.39 is 12.0 Å². The van der Waals surface area contributed by atoms with Crippen molar-refractivity contribution < 1.29 is 14.7 Å². The van der Waals surface area contributed by atoms with Gasteiger partial charge in [-0.05, 0) is 5.56 Å². The number of amides is 1. The lowest BCUT2D eigenvalue weighted by molar-refractivity contribution is -0.145. The van der Waals surface area contributed by atoms with E-state index >= 15 is 0 Å². The van der Waals surface area contributed by atoms with E-state index in [0.717, 1.165) is 5.56 Å². The lowest BCUT2D eigenvalue weighted by atomic mass is 10.0. The molecule has 1 aromatic carbocycles. The normalized spacial score (nSPS) is 18.1. The SMILES string of the molecule is CC(=O)N1CCN([C@@H](C(=O)O)c2ccccc2)CC1. The first-order valence-corrected chi connectivity index (χ1v) is 6.37. The van der Waals surface area contributed by atoms with E-state index in [0.29, 0.717) is 26.2 Å². The Labute approximate surface area is 112 Å². The highest BCUT2D eigenvalue weighted by Gasteiger charge is 2.30. The summed E-state index contributed by atoms with van der Waals surface area (Å²) >= 11 is 0. The second-order valence-electron chi connectivity index (χ2n) is 4.69. The molecule has 1 aliphatic heterocycles. The Balaban J connectivity index is 2.10. The van der Waals surface area contributed by atoms with Crippen LogP contribution in [-0.4, -0.2) is 53.0 Å². The molecule has 1 amide bonds. The van der Waals surface area contributed by atoms with Gasteiger partial charge in [-0.3, -0.25) is 14.5 Å². The Morgan fingerprint density at radius 3 is 2.16 bits per heavy atom. The molecule has 0 spiro atoms. The number of nitrogens with zero attached hydrogens (tertiary/aromatic N) is 2. The van der Waals surface area contributed by atoms with Gasteiger partial charge < -0.3 is 10.0 Å². The van der Waals surface area contributed by atoms with Gasteiger partial charge in [0, 0.05) is 33.1 Å². The number of benzene rings is 1. The van der Waals surface area contributed by atoms with Gasteiger partial charge in [-0.2, -0.15) is 0 Å². The molecule has 0 saturated carbocycles. The number of carboxylic acids is 1. The van der Waals surface area contributed by atoms with Gasteiger partial charge in [0.25, 0.3) is 0 Å². The number of rotatable bonds is 3. The molecule has 1 aromatic rings. The molecule has 5 heteroatoms. The number of carbonyl (C=O) groups is 2. The average Bonchev–Trinajstić information content (AvgIpc) is 2.40. The summed E-state index contributed by atoms with van der Waals surface area (Å²) in [4.78, 5) is 26.4. The third-order valence-electron chi connectivity index (χ3n) is 3.47. The molecule has 1 atom stereocenters. The van der Waals surface area contributed by atoms with Gasteiger partial charge >= 0.3 is 5.97 Å². The van der Waals surface area contributed by atoms with E-state index in [1.54, 1.807) is 11.8 Å². The maximum Gasteiger partial charge on any atom is 0.325 e. The van der Waals surface area contributed by atoms with Crippen LogP contribution in [0.4, 0.5) is 0 Å². The van der Waals surface area contributed by atoms with E-state index in [1.165, 1.54) is 0 Å². The first kappa shape index (κ1) is 13.5. The van der Waals surface area contributed by atoms with Crippen molar-refractivity contribution in [2.45, 2.75) is 13.0 Å². The van der Waals surface area contributed by atoms with Gasteiger partial charge in [0.1, 0.15) is 6.04 Å². The van der Waals surface area contributed by atoms with Gasteiger partial charge in [0.15, 0.2) is 0 Å². The molecule has 1 aliphatic rings. The van der Waals surface area contributed by atoms with Crippen molar-refractivity contribution >= 4 is 11.9 Å². The van der Waals surface area contributed by atoms with Gasteiger partial charge in [0.2, 0.25) is 5.91 Å². The third kappa shape index (κ3) is 3.12. The first-order chi connectivity index (χ1) is 9.09. The fourth-order valence-corrected chi connectivity index (χ4v) is 2.44. The van der Waals surface area contributed by atoms with E-state index in [4.69, 9.17) is 0 Å².